The Labute approximate surface area is 180 Å². The minimum absolute atomic E-state index is 0.0396. The summed E-state index contributed by atoms with van der Waals surface area (Å²) in [5.74, 6) is -0.291. The summed E-state index contributed by atoms with van der Waals surface area (Å²) in [6.07, 6.45) is -1.69. The van der Waals surface area contributed by atoms with Crippen LogP contribution in [-0.2, 0) is 6.18 Å². The van der Waals surface area contributed by atoms with Crippen LogP contribution in [0.2, 0.25) is 0 Å². The van der Waals surface area contributed by atoms with Crippen molar-refractivity contribution in [1.82, 2.24) is 10.3 Å². The van der Waals surface area contributed by atoms with E-state index in [0.717, 1.165) is 30.2 Å². The van der Waals surface area contributed by atoms with Crippen LogP contribution in [0, 0.1) is 5.13 Å². The molecule has 0 unspecified atom stereocenters. The standard InChI is InChI=1S/C22H21F4N3OS/c1-29(17-12-19(22(24,25)26)28-16-5-3-2-4-15(16)17)14-8-6-13(7-9-14)27-21(30)18-10-11-20(23)31-18/h2-5,10-14H,6-9H2,1H3,(H,27,30). The summed E-state index contributed by atoms with van der Waals surface area (Å²) in [4.78, 5) is 18.3. The maximum Gasteiger partial charge on any atom is 0.433 e. The lowest BCUT2D eigenvalue weighted by Crippen LogP contribution is -2.42. The number of para-hydroxylation sites is 1. The average Bonchev–Trinajstić information content (AvgIpc) is 3.19. The van der Waals surface area contributed by atoms with Crippen LogP contribution in [-0.4, -0.2) is 30.0 Å². The van der Waals surface area contributed by atoms with E-state index >= 15 is 0 Å². The first-order valence-corrected chi connectivity index (χ1v) is 10.8. The Morgan fingerprint density at radius 1 is 1.13 bits per heavy atom. The van der Waals surface area contributed by atoms with Crippen LogP contribution < -0.4 is 10.2 Å². The number of nitrogens with one attached hydrogen (secondary N) is 1. The molecular formula is C22H21F4N3OS. The van der Waals surface area contributed by atoms with Crippen molar-refractivity contribution in [2.75, 3.05) is 11.9 Å². The number of hydrogen-bond donors (Lipinski definition) is 1. The van der Waals surface area contributed by atoms with E-state index in [9.17, 15) is 22.4 Å². The minimum atomic E-state index is -4.52. The van der Waals surface area contributed by atoms with Crippen molar-refractivity contribution in [2.45, 2.75) is 43.9 Å². The molecule has 0 aliphatic heterocycles. The van der Waals surface area contributed by atoms with E-state index in [1.165, 1.54) is 12.1 Å². The smallest absolute Gasteiger partial charge is 0.371 e. The molecule has 0 spiro atoms. The Morgan fingerprint density at radius 3 is 2.48 bits per heavy atom. The first-order chi connectivity index (χ1) is 14.7. The summed E-state index contributed by atoms with van der Waals surface area (Å²) in [6.45, 7) is 0. The fourth-order valence-electron chi connectivity index (χ4n) is 4.09. The predicted molar refractivity (Wildman–Crippen MR) is 113 cm³/mol. The lowest BCUT2D eigenvalue weighted by molar-refractivity contribution is -0.140. The number of nitrogens with zero attached hydrogens (tertiary/aromatic N) is 2. The Balaban J connectivity index is 1.48. The van der Waals surface area contributed by atoms with Crippen molar-refractivity contribution < 1.29 is 22.4 Å². The van der Waals surface area contributed by atoms with Gasteiger partial charge in [0, 0.05) is 30.2 Å². The average molecular weight is 451 g/mol. The van der Waals surface area contributed by atoms with Gasteiger partial charge in [-0.3, -0.25) is 4.79 Å². The molecule has 2 heterocycles. The van der Waals surface area contributed by atoms with Crippen molar-refractivity contribution >= 4 is 33.8 Å². The number of amides is 1. The molecule has 2 aromatic heterocycles. The lowest BCUT2D eigenvalue weighted by Gasteiger charge is -2.36. The normalized spacial score (nSPS) is 19.4. The summed E-state index contributed by atoms with van der Waals surface area (Å²) in [5, 5.41) is 3.20. The minimum Gasteiger partial charge on any atom is -0.371 e. The molecule has 1 aliphatic carbocycles. The number of aromatic nitrogens is 1. The number of carbonyl (C=O) groups is 1. The van der Waals surface area contributed by atoms with E-state index in [-0.39, 0.29) is 18.0 Å². The highest BCUT2D eigenvalue weighted by atomic mass is 32.1. The van der Waals surface area contributed by atoms with Gasteiger partial charge in [0.25, 0.3) is 5.91 Å². The van der Waals surface area contributed by atoms with Gasteiger partial charge in [-0.25, -0.2) is 4.98 Å². The van der Waals surface area contributed by atoms with E-state index in [2.05, 4.69) is 10.3 Å². The molecule has 3 aromatic rings. The van der Waals surface area contributed by atoms with E-state index in [1.54, 1.807) is 31.3 Å². The van der Waals surface area contributed by atoms with Crippen LogP contribution >= 0.6 is 11.3 Å². The van der Waals surface area contributed by atoms with Gasteiger partial charge in [0.15, 0.2) is 5.13 Å². The van der Waals surface area contributed by atoms with Gasteiger partial charge in [-0.2, -0.15) is 17.6 Å². The molecule has 31 heavy (non-hydrogen) atoms. The second-order valence-corrected chi connectivity index (χ2v) is 8.77. The third-order valence-electron chi connectivity index (χ3n) is 5.74. The Kier molecular flexibility index (Phi) is 5.88. The number of benzene rings is 1. The first-order valence-electron chi connectivity index (χ1n) is 9.98. The van der Waals surface area contributed by atoms with Crippen LogP contribution in [0.15, 0.2) is 42.5 Å². The van der Waals surface area contributed by atoms with Gasteiger partial charge in [0.1, 0.15) is 5.69 Å². The van der Waals surface area contributed by atoms with Crippen molar-refractivity contribution in [3.8, 4) is 0 Å². The number of halogens is 4. The molecule has 164 valence electrons. The number of pyridine rings is 1. The summed E-state index contributed by atoms with van der Waals surface area (Å²) < 4.78 is 53.3. The van der Waals surface area contributed by atoms with Crippen molar-refractivity contribution in [3.63, 3.8) is 0 Å². The maximum absolute atomic E-state index is 13.4. The van der Waals surface area contributed by atoms with Gasteiger partial charge in [-0.1, -0.05) is 18.2 Å². The number of carbonyl (C=O) groups excluding carboxylic acids is 1. The summed E-state index contributed by atoms with van der Waals surface area (Å²) in [5.41, 5.74) is -0.0973. The Bertz CT molecular complexity index is 1090. The van der Waals surface area contributed by atoms with Crippen molar-refractivity contribution in [1.29, 1.82) is 0 Å². The maximum atomic E-state index is 13.4. The van der Waals surface area contributed by atoms with Gasteiger partial charge >= 0.3 is 6.18 Å². The van der Waals surface area contributed by atoms with Gasteiger partial charge in [-0.05, 0) is 49.9 Å². The van der Waals surface area contributed by atoms with Crippen LogP contribution in [0.4, 0.5) is 23.2 Å². The molecule has 0 saturated heterocycles. The van der Waals surface area contributed by atoms with Gasteiger partial charge in [0.2, 0.25) is 0 Å². The van der Waals surface area contributed by atoms with Gasteiger partial charge in [-0.15, -0.1) is 11.3 Å². The van der Waals surface area contributed by atoms with E-state index < -0.39 is 17.0 Å². The SMILES string of the molecule is CN(c1cc(C(F)(F)F)nc2ccccc12)C1CCC(NC(=O)c2ccc(F)s2)CC1. The predicted octanol–water partition coefficient (Wildman–Crippen LogP) is 5.63. The van der Waals surface area contributed by atoms with Crippen LogP contribution in [0.3, 0.4) is 0 Å². The van der Waals surface area contributed by atoms with Crippen LogP contribution in [0.5, 0.6) is 0 Å². The zero-order valence-corrected chi connectivity index (χ0v) is 17.6. The fraction of sp³-hybridized carbons (Fsp3) is 0.364. The first kappa shape index (κ1) is 21.5. The van der Waals surface area contributed by atoms with Crippen LogP contribution in [0.1, 0.15) is 41.0 Å². The highest BCUT2D eigenvalue weighted by Gasteiger charge is 2.34. The zero-order valence-electron chi connectivity index (χ0n) is 16.7. The third kappa shape index (κ3) is 4.66. The van der Waals surface area contributed by atoms with Crippen molar-refractivity contribution in [2.24, 2.45) is 0 Å². The molecule has 0 bridgehead atoms. The molecule has 0 radical (unpaired) electrons. The van der Waals surface area contributed by atoms with E-state index in [4.69, 9.17) is 0 Å². The van der Waals surface area contributed by atoms with E-state index in [1.807, 2.05) is 4.90 Å². The lowest BCUT2D eigenvalue weighted by atomic mass is 9.89. The number of alkyl halides is 3. The number of fused-ring (bicyclic) bond motifs is 1. The summed E-state index contributed by atoms with van der Waals surface area (Å²) in [7, 11) is 1.81. The number of anilines is 1. The Hall–Kier alpha value is -2.68. The summed E-state index contributed by atoms with van der Waals surface area (Å²) in [6, 6.07) is 10.7. The van der Waals surface area contributed by atoms with Crippen LogP contribution in [0.25, 0.3) is 10.9 Å². The van der Waals surface area contributed by atoms with Gasteiger partial charge < -0.3 is 10.2 Å². The zero-order chi connectivity index (χ0) is 22.2. The molecule has 1 aliphatic rings. The largest absolute Gasteiger partial charge is 0.433 e. The third-order valence-corrected chi connectivity index (χ3v) is 6.61. The molecule has 1 N–H and O–H groups in total. The summed E-state index contributed by atoms with van der Waals surface area (Å²) >= 11 is 0.807. The molecule has 4 rings (SSSR count). The quantitative estimate of drug-likeness (QED) is 0.523. The molecule has 1 amide bonds. The molecule has 1 saturated carbocycles. The molecule has 9 heteroatoms. The Morgan fingerprint density at radius 2 is 1.84 bits per heavy atom. The number of thiophene rings is 1. The van der Waals surface area contributed by atoms with Crippen molar-refractivity contribution in [3.05, 3.63) is 58.2 Å². The number of rotatable bonds is 4. The second kappa shape index (κ2) is 8.45. The topological polar surface area (TPSA) is 45.2 Å². The second-order valence-electron chi connectivity index (χ2n) is 7.74. The molecule has 0 atom stereocenters. The monoisotopic (exact) mass is 451 g/mol. The highest BCUT2D eigenvalue weighted by molar-refractivity contribution is 7.12. The molecule has 4 nitrogen and oxygen atoms in total. The number of hydrogen-bond acceptors (Lipinski definition) is 4. The molecule has 1 fully saturated rings. The molecular weight excluding hydrogens is 430 g/mol. The molecule has 1 aromatic carbocycles. The van der Waals surface area contributed by atoms with E-state index in [0.29, 0.717) is 34.3 Å². The highest BCUT2D eigenvalue weighted by Crippen LogP contribution is 2.36. The fourth-order valence-corrected chi connectivity index (χ4v) is 4.72. The van der Waals surface area contributed by atoms with Gasteiger partial charge in [0.05, 0.1) is 10.4 Å².